The van der Waals surface area contributed by atoms with Gasteiger partial charge in [0.1, 0.15) is 0 Å². The highest BCUT2D eigenvalue weighted by Gasteiger charge is 1.98. The molecule has 0 amide bonds. The number of hydrogen-bond acceptors (Lipinski definition) is 0. The van der Waals surface area contributed by atoms with Gasteiger partial charge in [0.2, 0.25) is 0 Å². The van der Waals surface area contributed by atoms with E-state index in [1.165, 1.54) is 204 Å². The van der Waals surface area contributed by atoms with Crippen LogP contribution in [0, 0.1) is 0 Å². The summed E-state index contributed by atoms with van der Waals surface area (Å²) < 4.78 is 0. The Bertz CT molecular complexity index is 624. The van der Waals surface area contributed by atoms with Gasteiger partial charge in [-0.1, -0.05) is 199 Å². The molecule has 0 aliphatic rings. The lowest BCUT2D eigenvalue weighted by molar-refractivity contribution is 0.536. The molecule has 0 aliphatic carbocycles. The van der Waals surface area contributed by atoms with Crippen LogP contribution in [0.4, 0.5) is 0 Å². The first-order valence-corrected chi connectivity index (χ1v) is 18.9. The van der Waals surface area contributed by atoms with Gasteiger partial charge in [-0.2, -0.15) is 0 Å². The van der Waals surface area contributed by atoms with Crippen molar-refractivity contribution in [1.82, 2.24) is 4.98 Å². The van der Waals surface area contributed by atoms with Crippen LogP contribution in [0.5, 0.6) is 0 Å². The molecule has 0 unspecified atom stereocenters. The lowest BCUT2D eigenvalue weighted by Gasteiger charge is -2.03. The second kappa shape index (κ2) is 31.7. The topological polar surface area (TPSA) is 15.8 Å². The Labute approximate surface area is 258 Å². The molecule has 0 fully saturated rings. The molecule has 0 saturated heterocycles. The highest BCUT2D eigenvalue weighted by Crippen LogP contribution is 2.17. The van der Waals surface area contributed by atoms with Gasteiger partial charge in [0, 0.05) is 11.9 Å². The molecule has 0 spiro atoms. The van der Waals surface area contributed by atoms with Gasteiger partial charge < -0.3 is 4.98 Å². The van der Waals surface area contributed by atoms with Gasteiger partial charge in [0.05, 0.1) is 0 Å². The van der Waals surface area contributed by atoms with Crippen molar-refractivity contribution in [3.05, 3.63) is 35.7 Å². The summed E-state index contributed by atoms with van der Waals surface area (Å²) in [4.78, 5) is 3.42. The quantitative estimate of drug-likeness (QED) is 0.0833. The van der Waals surface area contributed by atoms with E-state index in [0.717, 1.165) is 0 Å². The van der Waals surface area contributed by atoms with E-state index in [-0.39, 0.29) is 0 Å². The minimum atomic E-state index is 1.21. The highest BCUT2D eigenvalue weighted by molar-refractivity contribution is 5.62. The second-order valence-corrected chi connectivity index (χ2v) is 12.9. The van der Waals surface area contributed by atoms with Gasteiger partial charge in [-0.15, -0.1) is 0 Å². The SMILES string of the molecule is CCCCCCCCCCCCCCCC/C=C/c1cc[nH]c1/C=C/CCCCCCCCCCCCCCCC. The summed E-state index contributed by atoms with van der Waals surface area (Å²) in [7, 11) is 0. The Morgan fingerprint density at radius 3 is 1.10 bits per heavy atom. The number of H-pyrrole nitrogens is 1. The van der Waals surface area contributed by atoms with Crippen LogP contribution in [0.1, 0.15) is 218 Å². The molecule has 0 aromatic carbocycles. The fourth-order valence-electron chi connectivity index (χ4n) is 6.01. The third-order valence-corrected chi connectivity index (χ3v) is 8.84. The summed E-state index contributed by atoms with van der Waals surface area (Å²) in [6.45, 7) is 4.60. The second-order valence-electron chi connectivity index (χ2n) is 12.9. The van der Waals surface area contributed by atoms with Crippen LogP contribution in [0.3, 0.4) is 0 Å². The van der Waals surface area contributed by atoms with E-state index < -0.39 is 0 Å². The van der Waals surface area contributed by atoms with Crippen LogP contribution in [-0.2, 0) is 0 Å². The first-order valence-electron chi connectivity index (χ1n) is 18.9. The third kappa shape index (κ3) is 26.1. The number of unbranched alkanes of at least 4 members (excludes halogenated alkanes) is 28. The smallest absolute Gasteiger partial charge is 0.0450 e. The molecule has 41 heavy (non-hydrogen) atoms. The Hall–Kier alpha value is -1.24. The van der Waals surface area contributed by atoms with Crippen LogP contribution in [0.2, 0.25) is 0 Å². The molecule has 1 aromatic heterocycles. The van der Waals surface area contributed by atoms with Crippen LogP contribution in [-0.4, -0.2) is 4.98 Å². The fraction of sp³-hybridized carbons (Fsp3) is 0.800. The van der Waals surface area contributed by atoms with Crippen molar-refractivity contribution in [3.8, 4) is 0 Å². The largest absolute Gasteiger partial charge is 0.361 e. The van der Waals surface area contributed by atoms with E-state index in [1.807, 2.05) is 0 Å². The lowest BCUT2D eigenvalue weighted by atomic mass is 10.0. The Morgan fingerprint density at radius 2 is 0.732 bits per heavy atom. The molecule has 238 valence electrons. The van der Waals surface area contributed by atoms with E-state index in [2.05, 4.69) is 55.4 Å². The summed E-state index contributed by atoms with van der Waals surface area (Å²) in [5.41, 5.74) is 2.61. The minimum Gasteiger partial charge on any atom is -0.361 e. The monoisotopic (exact) mass is 568 g/mol. The van der Waals surface area contributed by atoms with Gasteiger partial charge >= 0.3 is 0 Å². The molecular formula is C40H73N. The maximum atomic E-state index is 3.42. The summed E-state index contributed by atoms with van der Waals surface area (Å²) in [6.07, 6.45) is 54.0. The zero-order chi connectivity index (χ0) is 29.3. The van der Waals surface area contributed by atoms with Crippen molar-refractivity contribution < 1.29 is 0 Å². The zero-order valence-electron chi connectivity index (χ0n) is 28.2. The average Bonchev–Trinajstić information content (AvgIpc) is 3.43. The average molecular weight is 568 g/mol. The Kier molecular flexibility index (Phi) is 29.2. The molecule has 1 nitrogen and oxygen atoms in total. The summed E-state index contributed by atoms with van der Waals surface area (Å²) in [5, 5.41) is 0. The molecule has 0 atom stereocenters. The van der Waals surface area contributed by atoms with Crippen LogP contribution >= 0.6 is 0 Å². The molecule has 0 aliphatic heterocycles. The van der Waals surface area contributed by atoms with Crippen molar-refractivity contribution in [2.45, 2.75) is 206 Å². The first kappa shape index (κ1) is 37.8. The summed E-state index contributed by atoms with van der Waals surface area (Å²) >= 11 is 0. The molecule has 1 heterocycles. The Balaban J connectivity index is 1.90. The molecule has 1 heteroatoms. The number of nitrogens with one attached hydrogen (secondary N) is 1. The molecule has 1 rings (SSSR count). The van der Waals surface area contributed by atoms with Gasteiger partial charge in [-0.25, -0.2) is 0 Å². The van der Waals surface area contributed by atoms with Gasteiger partial charge in [-0.3, -0.25) is 0 Å². The Morgan fingerprint density at radius 1 is 0.415 bits per heavy atom. The molecule has 0 bridgehead atoms. The lowest BCUT2D eigenvalue weighted by Crippen LogP contribution is -1.83. The molecule has 0 saturated carbocycles. The standard InChI is InChI=1S/C40H73N/c1-3-5-7-9-11-13-15-17-19-21-23-25-27-29-31-33-35-39-37-38-41-40(39)36-34-32-30-28-26-24-22-20-18-16-14-12-10-8-6-4-2/h33-38,41H,3-32H2,1-2H3/b35-33+,36-34+. The van der Waals surface area contributed by atoms with Crippen molar-refractivity contribution >= 4 is 12.2 Å². The van der Waals surface area contributed by atoms with E-state index in [9.17, 15) is 0 Å². The molecule has 0 radical (unpaired) electrons. The number of aromatic nitrogens is 1. The predicted molar refractivity (Wildman–Crippen MR) is 189 cm³/mol. The van der Waals surface area contributed by atoms with Crippen molar-refractivity contribution in [3.63, 3.8) is 0 Å². The number of allylic oxidation sites excluding steroid dienone is 2. The van der Waals surface area contributed by atoms with Gasteiger partial charge in [0.15, 0.2) is 0 Å². The van der Waals surface area contributed by atoms with E-state index >= 15 is 0 Å². The van der Waals surface area contributed by atoms with Crippen molar-refractivity contribution in [1.29, 1.82) is 0 Å². The van der Waals surface area contributed by atoms with Gasteiger partial charge in [-0.05, 0) is 43.4 Å². The maximum absolute atomic E-state index is 3.42. The fourth-order valence-corrected chi connectivity index (χ4v) is 6.01. The summed E-state index contributed by atoms with van der Waals surface area (Å²) in [6, 6.07) is 2.22. The minimum absolute atomic E-state index is 1.21. The number of rotatable bonds is 32. The van der Waals surface area contributed by atoms with E-state index in [0.29, 0.717) is 0 Å². The highest BCUT2D eigenvalue weighted by atomic mass is 14.7. The van der Waals surface area contributed by atoms with Crippen LogP contribution in [0.25, 0.3) is 12.2 Å². The molecule has 1 N–H and O–H groups in total. The van der Waals surface area contributed by atoms with E-state index in [1.54, 1.807) is 0 Å². The van der Waals surface area contributed by atoms with Gasteiger partial charge in [0.25, 0.3) is 0 Å². The predicted octanol–water partition coefficient (Wildman–Crippen LogP) is 14.8. The van der Waals surface area contributed by atoms with Crippen molar-refractivity contribution in [2.24, 2.45) is 0 Å². The van der Waals surface area contributed by atoms with E-state index in [4.69, 9.17) is 0 Å². The first-order chi connectivity index (χ1) is 20.4. The van der Waals surface area contributed by atoms with Crippen molar-refractivity contribution in [2.75, 3.05) is 0 Å². The molecular weight excluding hydrogens is 494 g/mol. The third-order valence-electron chi connectivity index (χ3n) is 8.84. The van der Waals surface area contributed by atoms with Crippen LogP contribution < -0.4 is 0 Å². The van der Waals surface area contributed by atoms with Crippen LogP contribution in [0.15, 0.2) is 24.4 Å². The summed E-state index contributed by atoms with van der Waals surface area (Å²) in [5.74, 6) is 0. The number of hydrogen-bond donors (Lipinski definition) is 1. The number of aromatic amines is 1. The normalized spacial score (nSPS) is 12.0. The zero-order valence-corrected chi connectivity index (χ0v) is 28.2. The maximum Gasteiger partial charge on any atom is 0.0450 e. The molecule has 1 aromatic rings.